The van der Waals surface area contributed by atoms with Gasteiger partial charge in [-0.15, -0.1) is 0 Å². The van der Waals surface area contributed by atoms with Crippen molar-refractivity contribution >= 4 is 11.6 Å². The molecule has 1 fully saturated rings. The normalized spacial score (nSPS) is 16.3. The van der Waals surface area contributed by atoms with Crippen LogP contribution in [-0.2, 0) is 0 Å². The molecule has 18 heavy (non-hydrogen) atoms. The number of carbonyl (C=O) groups excluding carboxylic acids is 1. The molecular formula is C15H22N2O. The Hall–Kier alpha value is -1.51. The molecule has 1 aromatic rings. The second-order valence-electron chi connectivity index (χ2n) is 5.28. The van der Waals surface area contributed by atoms with Crippen molar-refractivity contribution in [1.29, 1.82) is 0 Å². The quantitative estimate of drug-likeness (QED) is 0.785. The van der Waals surface area contributed by atoms with Crippen LogP contribution in [0.1, 0.15) is 48.5 Å². The minimum atomic E-state index is 0.00676. The molecule has 0 aliphatic heterocycles. The first-order chi connectivity index (χ1) is 8.61. The maximum atomic E-state index is 12.2. The summed E-state index contributed by atoms with van der Waals surface area (Å²) in [6, 6.07) is 5.79. The topological polar surface area (TPSA) is 55.1 Å². The highest BCUT2D eigenvalue weighted by molar-refractivity contribution is 5.97. The van der Waals surface area contributed by atoms with Crippen molar-refractivity contribution in [3.8, 4) is 0 Å². The van der Waals surface area contributed by atoms with E-state index in [-0.39, 0.29) is 5.91 Å². The van der Waals surface area contributed by atoms with Crippen LogP contribution in [0.5, 0.6) is 0 Å². The van der Waals surface area contributed by atoms with E-state index in [1.165, 1.54) is 12.8 Å². The summed E-state index contributed by atoms with van der Waals surface area (Å²) in [5.41, 5.74) is 8.08. The number of benzene rings is 1. The number of nitrogens with two attached hydrogens (primary N) is 1. The Morgan fingerprint density at radius 1 is 1.50 bits per heavy atom. The number of nitrogens with one attached hydrogen (secondary N) is 1. The van der Waals surface area contributed by atoms with E-state index < -0.39 is 0 Å². The highest BCUT2D eigenvalue weighted by Gasteiger charge is 2.25. The van der Waals surface area contributed by atoms with Gasteiger partial charge in [0.05, 0.1) is 0 Å². The Morgan fingerprint density at radius 3 is 2.83 bits per heavy atom. The third-order valence-corrected chi connectivity index (χ3v) is 3.76. The van der Waals surface area contributed by atoms with E-state index in [0.29, 0.717) is 17.3 Å². The van der Waals surface area contributed by atoms with E-state index in [4.69, 9.17) is 5.73 Å². The summed E-state index contributed by atoms with van der Waals surface area (Å²) in [4.78, 5) is 12.2. The zero-order chi connectivity index (χ0) is 13.1. The van der Waals surface area contributed by atoms with Gasteiger partial charge in [-0.1, -0.05) is 25.8 Å². The smallest absolute Gasteiger partial charge is 0.251 e. The van der Waals surface area contributed by atoms with Gasteiger partial charge in [0.2, 0.25) is 0 Å². The van der Waals surface area contributed by atoms with Crippen LogP contribution in [0, 0.1) is 12.8 Å². The van der Waals surface area contributed by atoms with E-state index in [9.17, 15) is 4.79 Å². The van der Waals surface area contributed by atoms with Gasteiger partial charge in [-0.3, -0.25) is 4.79 Å². The second-order valence-corrected chi connectivity index (χ2v) is 5.28. The summed E-state index contributed by atoms with van der Waals surface area (Å²) < 4.78 is 0. The third kappa shape index (κ3) is 3.03. The van der Waals surface area contributed by atoms with E-state index in [1.54, 1.807) is 0 Å². The molecular weight excluding hydrogens is 224 g/mol. The van der Waals surface area contributed by atoms with E-state index in [1.807, 2.05) is 25.1 Å². The van der Waals surface area contributed by atoms with Crippen LogP contribution in [0.4, 0.5) is 5.69 Å². The zero-order valence-electron chi connectivity index (χ0n) is 11.2. The highest BCUT2D eigenvalue weighted by Crippen LogP contribution is 2.34. The summed E-state index contributed by atoms with van der Waals surface area (Å²) in [7, 11) is 0. The Morgan fingerprint density at radius 2 is 2.22 bits per heavy atom. The maximum absolute atomic E-state index is 12.2. The van der Waals surface area contributed by atoms with Gasteiger partial charge in [0.15, 0.2) is 0 Å². The van der Waals surface area contributed by atoms with Gasteiger partial charge in [0.1, 0.15) is 0 Å². The van der Waals surface area contributed by atoms with Crippen molar-refractivity contribution in [3.05, 3.63) is 29.3 Å². The van der Waals surface area contributed by atoms with Gasteiger partial charge >= 0.3 is 0 Å². The van der Waals surface area contributed by atoms with Crippen LogP contribution in [0.25, 0.3) is 0 Å². The summed E-state index contributed by atoms with van der Waals surface area (Å²) in [5.74, 6) is 0.837. The maximum Gasteiger partial charge on any atom is 0.251 e. The average Bonchev–Trinajstić information content (AvgIpc) is 3.15. The van der Waals surface area contributed by atoms with Gasteiger partial charge in [0, 0.05) is 17.3 Å². The standard InChI is InChI=1S/C15H22N2O/c1-3-12(9-11-7-8-11)17-15(18)13-5-4-6-14(16)10(13)2/h4-6,11-12H,3,7-9,16H2,1-2H3,(H,17,18). The van der Waals surface area contributed by atoms with Gasteiger partial charge < -0.3 is 11.1 Å². The Labute approximate surface area is 109 Å². The first-order valence-corrected chi connectivity index (χ1v) is 6.77. The highest BCUT2D eigenvalue weighted by atomic mass is 16.1. The summed E-state index contributed by atoms with van der Waals surface area (Å²) in [6.07, 6.45) is 4.75. The fourth-order valence-electron chi connectivity index (χ4n) is 2.25. The van der Waals surface area contributed by atoms with Crippen molar-refractivity contribution < 1.29 is 4.79 Å². The molecule has 0 bridgehead atoms. The summed E-state index contributed by atoms with van der Waals surface area (Å²) >= 11 is 0. The van der Waals surface area contributed by atoms with Crippen molar-refractivity contribution in [3.63, 3.8) is 0 Å². The molecule has 1 aliphatic carbocycles. The van der Waals surface area contributed by atoms with Gasteiger partial charge in [-0.2, -0.15) is 0 Å². The summed E-state index contributed by atoms with van der Waals surface area (Å²) in [6.45, 7) is 4.02. The number of rotatable bonds is 5. The Bertz CT molecular complexity index is 438. The zero-order valence-corrected chi connectivity index (χ0v) is 11.2. The second kappa shape index (κ2) is 5.42. The van der Waals surface area contributed by atoms with E-state index in [2.05, 4.69) is 12.2 Å². The largest absolute Gasteiger partial charge is 0.398 e. The van der Waals surface area contributed by atoms with E-state index >= 15 is 0 Å². The Kier molecular flexibility index (Phi) is 3.90. The minimum Gasteiger partial charge on any atom is -0.398 e. The molecule has 0 heterocycles. The molecule has 1 saturated carbocycles. The molecule has 0 spiro atoms. The molecule has 3 nitrogen and oxygen atoms in total. The van der Waals surface area contributed by atoms with Crippen LogP contribution in [0.2, 0.25) is 0 Å². The SMILES string of the molecule is CCC(CC1CC1)NC(=O)c1cccc(N)c1C. The predicted octanol–water partition coefficient (Wildman–Crippen LogP) is 2.89. The molecule has 0 saturated heterocycles. The van der Waals surface area contributed by atoms with Crippen LogP contribution in [0.3, 0.4) is 0 Å². The first kappa shape index (κ1) is 12.9. The lowest BCUT2D eigenvalue weighted by Gasteiger charge is -2.17. The lowest BCUT2D eigenvalue weighted by Crippen LogP contribution is -2.35. The monoisotopic (exact) mass is 246 g/mol. The van der Waals surface area contributed by atoms with Crippen LogP contribution in [-0.4, -0.2) is 11.9 Å². The van der Waals surface area contributed by atoms with E-state index in [0.717, 1.165) is 24.3 Å². The van der Waals surface area contributed by atoms with Crippen LogP contribution < -0.4 is 11.1 Å². The lowest BCUT2D eigenvalue weighted by molar-refractivity contribution is 0.0932. The van der Waals surface area contributed by atoms with Gasteiger partial charge in [-0.05, 0) is 43.4 Å². The molecule has 3 N–H and O–H groups in total. The van der Waals surface area contributed by atoms with Gasteiger partial charge in [-0.25, -0.2) is 0 Å². The summed E-state index contributed by atoms with van der Waals surface area (Å²) in [5, 5.41) is 3.13. The molecule has 1 aromatic carbocycles. The third-order valence-electron chi connectivity index (χ3n) is 3.76. The van der Waals surface area contributed by atoms with Crippen LogP contribution in [0.15, 0.2) is 18.2 Å². The number of amides is 1. The first-order valence-electron chi connectivity index (χ1n) is 6.77. The number of anilines is 1. The molecule has 0 aromatic heterocycles. The Balaban J connectivity index is 2.03. The van der Waals surface area contributed by atoms with Crippen molar-refractivity contribution in [1.82, 2.24) is 5.32 Å². The number of hydrogen-bond donors (Lipinski definition) is 2. The average molecular weight is 246 g/mol. The number of hydrogen-bond acceptors (Lipinski definition) is 2. The number of carbonyl (C=O) groups is 1. The van der Waals surface area contributed by atoms with Crippen molar-refractivity contribution in [2.45, 2.75) is 45.6 Å². The molecule has 1 amide bonds. The molecule has 1 atom stereocenters. The lowest BCUT2D eigenvalue weighted by atomic mass is 10.0. The minimum absolute atomic E-state index is 0.00676. The van der Waals surface area contributed by atoms with Crippen LogP contribution >= 0.6 is 0 Å². The fourth-order valence-corrected chi connectivity index (χ4v) is 2.25. The van der Waals surface area contributed by atoms with Gasteiger partial charge in [0.25, 0.3) is 5.91 Å². The molecule has 2 rings (SSSR count). The van der Waals surface area contributed by atoms with Crippen molar-refractivity contribution in [2.75, 3.05) is 5.73 Å². The van der Waals surface area contributed by atoms with Crippen molar-refractivity contribution in [2.24, 2.45) is 5.92 Å². The predicted molar refractivity (Wildman–Crippen MR) is 74.5 cm³/mol. The number of nitrogen functional groups attached to an aromatic ring is 1. The molecule has 3 heteroatoms. The molecule has 0 radical (unpaired) electrons. The molecule has 1 aliphatic rings. The molecule has 98 valence electrons. The fraction of sp³-hybridized carbons (Fsp3) is 0.533. The molecule has 1 unspecified atom stereocenters.